The van der Waals surface area contributed by atoms with E-state index in [0.717, 1.165) is 36.1 Å². The second-order valence-electron chi connectivity index (χ2n) is 7.48. The van der Waals surface area contributed by atoms with Crippen LogP contribution < -0.4 is 5.32 Å². The van der Waals surface area contributed by atoms with Gasteiger partial charge in [0, 0.05) is 28.2 Å². The van der Waals surface area contributed by atoms with Crippen LogP contribution in [0.25, 0.3) is 0 Å². The Morgan fingerprint density at radius 1 is 1.17 bits per heavy atom. The molecular formula is C23H21Cl2N3O. The number of carbonyl (C=O) groups excluding carboxylic acids is 1. The summed E-state index contributed by atoms with van der Waals surface area (Å²) >= 11 is 12.7. The van der Waals surface area contributed by atoms with Crippen molar-refractivity contribution in [2.75, 3.05) is 6.54 Å². The molecule has 4 nitrogen and oxygen atoms in total. The maximum atomic E-state index is 12.9. The largest absolute Gasteiger partial charge is 0.322 e. The van der Waals surface area contributed by atoms with Crippen molar-refractivity contribution in [3.63, 3.8) is 0 Å². The number of hydrogen-bond acceptors (Lipinski definition) is 2. The van der Waals surface area contributed by atoms with Gasteiger partial charge in [0.2, 0.25) is 0 Å². The average molecular weight is 426 g/mol. The lowest BCUT2D eigenvalue weighted by atomic mass is 9.68. The summed E-state index contributed by atoms with van der Waals surface area (Å²) in [6, 6.07) is 15.2. The molecule has 0 spiro atoms. The van der Waals surface area contributed by atoms with E-state index < -0.39 is 5.54 Å². The Morgan fingerprint density at radius 2 is 1.86 bits per heavy atom. The number of nitrogens with one attached hydrogen (secondary N) is 1. The van der Waals surface area contributed by atoms with Gasteiger partial charge in [0.1, 0.15) is 0 Å². The van der Waals surface area contributed by atoms with Gasteiger partial charge in [-0.05, 0) is 67.6 Å². The topological polar surface area (TPSA) is 56.1 Å². The first-order valence-electron chi connectivity index (χ1n) is 9.75. The van der Waals surface area contributed by atoms with Crippen LogP contribution in [0.15, 0.2) is 54.2 Å². The fourth-order valence-corrected chi connectivity index (χ4v) is 5.39. The van der Waals surface area contributed by atoms with Crippen LogP contribution in [0.2, 0.25) is 10.0 Å². The molecule has 29 heavy (non-hydrogen) atoms. The molecule has 0 bridgehead atoms. The number of likely N-dealkylation sites (N-methyl/N-ethyl adjacent to an activating group) is 1. The summed E-state index contributed by atoms with van der Waals surface area (Å²) in [4.78, 5) is 14.8. The second kappa shape index (κ2) is 7.74. The first kappa shape index (κ1) is 19.8. The minimum Gasteiger partial charge on any atom is -0.313 e. The fourth-order valence-electron chi connectivity index (χ4n) is 4.85. The Labute approximate surface area is 180 Å². The molecule has 4 rings (SSSR count). The monoisotopic (exact) mass is 425 g/mol. The van der Waals surface area contributed by atoms with Crippen molar-refractivity contribution in [1.82, 2.24) is 10.2 Å². The van der Waals surface area contributed by atoms with E-state index in [9.17, 15) is 10.1 Å². The third-order valence-corrected chi connectivity index (χ3v) is 6.37. The minimum atomic E-state index is -0.535. The van der Waals surface area contributed by atoms with E-state index in [1.807, 2.05) is 48.2 Å². The van der Waals surface area contributed by atoms with Crippen molar-refractivity contribution in [1.29, 1.82) is 5.26 Å². The molecule has 2 atom stereocenters. The number of rotatable bonds is 4. The lowest BCUT2D eigenvalue weighted by Gasteiger charge is -2.46. The molecule has 2 amide bonds. The Bertz CT molecular complexity index is 1010. The molecule has 1 saturated heterocycles. The van der Waals surface area contributed by atoms with Gasteiger partial charge in [0.05, 0.1) is 17.2 Å². The summed E-state index contributed by atoms with van der Waals surface area (Å²) in [6.07, 6.45) is 4.89. The SMILES string of the molecule is CCN1C(=O)NC2=CCCCC21C(c1ccc(C#N)cc1)c1cc(Cl)cc(Cl)c1. The number of nitriles is 1. The summed E-state index contributed by atoms with van der Waals surface area (Å²) in [5.41, 5.74) is 2.98. The number of urea groups is 1. The molecule has 2 aromatic carbocycles. The van der Waals surface area contributed by atoms with E-state index in [1.54, 1.807) is 6.07 Å². The molecule has 1 N–H and O–H groups in total. The van der Waals surface area contributed by atoms with Gasteiger partial charge in [-0.1, -0.05) is 41.4 Å². The van der Waals surface area contributed by atoms with E-state index in [4.69, 9.17) is 23.2 Å². The van der Waals surface area contributed by atoms with E-state index in [1.165, 1.54) is 0 Å². The van der Waals surface area contributed by atoms with E-state index >= 15 is 0 Å². The molecule has 2 aromatic rings. The summed E-state index contributed by atoms with van der Waals surface area (Å²) in [5, 5.41) is 13.4. The van der Waals surface area contributed by atoms with E-state index in [2.05, 4.69) is 17.5 Å². The number of amides is 2. The van der Waals surface area contributed by atoms with Crippen molar-refractivity contribution in [2.45, 2.75) is 37.6 Å². The molecule has 148 valence electrons. The Morgan fingerprint density at radius 3 is 2.48 bits per heavy atom. The highest BCUT2D eigenvalue weighted by Crippen LogP contribution is 2.51. The quantitative estimate of drug-likeness (QED) is 0.667. The first-order valence-corrected chi connectivity index (χ1v) is 10.5. The van der Waals surface area contributed by atoms with Crippen LogP contribution in [0.4, 0.5) is 4.79 Å². The summed E-state index contributed by atoms with van der Waals surface area (Å²) in [6.45, 7) is 2.59. The van der Waals surface area contributed by atoms with Gasteiger partial charge < -0.3 is 10.2 Å². The van der Waals surface area contributed by atoms with Gasteiger partial charge in [-0.15, -0.1) is 0 Å². The van der Waals surface area contributed by atoms with Gasteiger partial charge in [-0.3, -0.25) is 0 Å². The molecule has 1 aliphatic carbocycles. The number of halogens is 2. The Balaban J connectivity index is 1.98. The lowest BCUT2D eigenvalue weighted by molar-refractivity contribution is 0.145. The number of carbonyl (C=O) groups is 1. The molecule has 0 saturated carbocycles. The smallest absolute Gasteiger partial charge is 0.313 e. The number of hydrogen-bond donors (Lipinski definition) is 1. The maximum Gasteiger partial charge on any atom is 0.322 e. The summed E-state index contributed by atoms with van der Waals surface area (Å²) in [7, 11) is 0. The lowest BCUT2D eigenvalue weighted by Crippen LogP contribution is -2.52. The number of allylic oxidation sites excluding steroid dienone is 1. The summed E-state index contributed by atoms with van der Waals surface area (Å²) in [5.74, 6) is -0.170. The van der Waals surface area contributed by atoms with Crippen LogP contribution in [0.3, 0.4) is 0 Å². The van der Waals surface area contributed by atoms with Crippen LogP contribution in [-0.2, 0) is 0 Å². The predicted octanol–water partition coefficient (Wildman–Crippen LogP) is 5.85. The number of benzene rings is 2. The first-order chi connectivity index (χ1) is 14.0. The van der Waals surface area contributed by atoms with Gasteiger partial charge in [-0.2, -0.15) is 5.26 Å². The van der Waals surface area contributed by atoms with Crippen LogP contribution >= 0.6 is 23.2 Å². The third-order valence-electron chi connectivity index (χ3n) is 5.93. The highest BCUT2D eigenvalue weighted by molar-refractivity contribution is 6.34. The van der Waals surface area contributed by atoms with Crippen LogP contribution in [-0.4, -0.2) is 23.0 Å². The predicted molar refractivity (Wildman–Crippen MR) is 115 cm³/mol. The molecule has 0 radical (unpaired) electrons. The molecule has 0 aromatic heterocycles. The van der Waals surface area contributed by atoms with Crippen LogP contribution in [0.1, 0.15) is 48.8 Å². The molecule has 1 fully saturated rings. The zero-order valence-electron chi connectivity index (χ0n) is 16.1. The van der Waals surface area contributed by atoms with E-state index in [-0.39, 0.29) is 11.9 Å². The average Bonchev–Trinajstić information content (AvgIpc) is 2.99. The van der Waals surface area contributed by atoms with Gasteiger partial charge in [0.15, 0.2) is 0 Å². The summed E-state index contributed by atoms with van der Waals surface area (Å²) < 4.78 is 0. The van der Waals surface area contributed by atoms with Crippen molar-refractivity contribution >= 4 is 29.2 Å². The highest BCUT2D eigenvalue weighted by atomic mass is 35.5. The van der Waals surface area contributed by atoms with Crippen molar-refractivity contribution in [3.8, 4) is 6.07 Å². The van der Waals surface area contributed by atoms with Crippen molar-refractivity contribution in [2.24, 2.45) is 0 Å². The van der Waals surface area contributed by atoms with Crippen molar-refractivity contribution in [3.05, 3.63) is 81.0 Å². The van der Waals surface area contributed by atoms with Gasteiger partial charge in [0.25, 0.3) is 0 Å². The molecule has 1 heterocycles. The molecule has 1 aliphatic heterocycles. The number of fused-ring (bicyclic) bond motifs is 1. The molecule has 2 unspecified atom stereocenters. The zero-order valence-corrected chi connectivity index (χ0v) is 17.6. The molecular weight excluding hydrogens is 405 g/mol. The van der Waals surface area contributed by atoms with Gasteiger partial charge >= 0.3 is 6.03 Å². The molecule has 2 aliphatic rings. The highest BCUT2D eigenvalue weighted by Gasteiger charge is 2.55. The van der Waals surface area contributed by atoms with Gasteiger partial charge in [-0.25, -0.2) is 4.79 Å². The Hall–Kier alpha value is -2.48. The van der Waals surface area contributed by atoms with Crippen LogP contribution in [0, 0.1) is 11.3 Å². The van der Waals surface area contributed by atoms with Crippen molar-refractivity contribution < 1.29 is 4.79 Å². The normalized spacial score (nSPS) is 21.8. The second-order valence-corrected chi connectivity index (χ2v) is 8.35. The van der Waals surface area contributed by atoms with Crippen LogP contribution in [0.5, 0.6) is 0 Å². The minimum absolute atomic E-state index is 0.0765. The standard InChI is InChI=1S/C23H21Cl2N3O/c1-2-28-22(29)27-20-5-3-4-10-23(20,28)21(16-8-6-15(14-26)7-9-16)17-11-18(24)13-19(25)12-17/h5-9,11-13,21H,2-4,10H2,1H3,(H,27,29). The zero-order chi connectivity index (χ0) is 20.6. The fraction of sp³-hybridized carbons (Fsp3) is 0.304. The molecule has 6 heteroatoms. The maximum absolute atomic E-state index is 12.9. The van der Waals surface area contributed by atoms with E-state index in [0.29, 0.717) is 22.2 Å². The third kappa shape index (κ3) is 3.29. The number of nitrogens with zero attached hydrogens (tertiary/aromatic N) is 2. The Kier molecular flexibility index (Phi) is 5.29.